The minimum atomic E-state index is -4.72. The van der Waals surface area contributed by atoms with Crippen LogP contribution in [0.2, 0.25) is 5.15 Å². The molecule has 7 heteroatoms. The predicted molar refractivity (Wildman–Crippen MR) is 74.4 cm³/mol. The summed E-state index contributed by atoms with van der Waals surface area (Å²) in [5.74, 6) is -0.241. The van der Waals surface area contributed by atoms with Crippen molar-refractivity contribution in [3.05, 3.63) is 52.8 Å². The largest absolute Gasteiger partial charge is 0.573 e. The summed E-state index contributed by atoms with van der Waals surface area (Å²) in [6, 6.07) is 7.69. The molecule has 0 radical (unpaired) electrons. The number of anilines is 1. The first-order chi connectivity index (χ1) is 9.87. The molecule has 0 aliphatic heterocycles. The maximum absolute atomic E-state index is 12.3. The van der Waals surface area contributed by atoms with Gasteiger partial charge in [0.15, 0.2) is 5.15 Å². The van der Waals surface area contributed by atoms with E-state index in [1.54, 1.807) is 24.4 Å². The molecule has 1 heterocycles. The van der Waals surface area contributed by atoms with Gasteiger partial charge in [-0.15, -0.1) is 13.2 Å². The van der Waals surface area contributed by atoms with Crippen LogP contribution in [0.15, 0.2) is 36.5 Å². The molecular weight excluding hydrogens is 305 g/mol. The van der Waals surface area contributed by atoms with Crippen molar-refractivity contribution in [1.29, 1.82) is 0 Å². The predicted octanol–water partition coefficient (Wildman–Crippen LogP) is 4.55. The molecular formula is C14H12ClF3N2O. The highest BCUT2D eigenvalue weighted by Crippen LogP contribution is 2.28. The Morgan fingerprint density at radius 3 is 2.62 bits per heavy atom. The number of ether oxygens (including phenoxy) is 1. The van der Waals surface area contributed by atoms with Gasteiger partial charge in [-0.05, 0) is 24.6 Å². The lowest BCUT2D eigenvalue weighted by Crippen LogP contribution is -2.18. The van der Waals surface area contributed by atoms with Gasteiger partial charge in [0.05, 0.1) is 5.69 Å². The molecule has 0 aliphatic carbocycles. The van der Waals surface area contributed by atoms with Crippen molar-refractivity contribution in [2.45, 2.75) is 19.8 Å². The summed E-state index contributed by atoms with van der Waals surface area (Å²) >= 11 is 5.96. The first kappa shape index (κ1) is 15.4. The van der Waals surface area contributed by atoms with Gasteiger partial charge in [-0.25, -0.2) is 4.98 Å². The number of alkyl halides is 3. The number of aryl methyl sites for hydroxylation is 1. The van der Waals surface area contributed by atoms with E-state index in [0.717, 1.165) is 5.56 Å². The van der Waals surface area contributed by atoms with E-state index in [4.69, 9.17) is 11.6 Å². The number of hydrogen-bond donors (Lipinski definition) is 1. The van der Waals surface area contributed by atoms with Crippen LogP contribution in [0.5, 0.6) is 5.75 Å². The van der Waals surface area contributed by atoms with Crippen molar-refractivity contribution in [1.82, 2.24) is 4.98 Å². The van der Waals surface area contributed by atoms with Gasteiger partial charge in [0.2, 0.25) is 0 Å². The second-order valence-corrected chi connectivity index (χ2v) is 4.66. The lowest BCUT2D eigenvalue weighted by Gasteiger charge is -2.15. The highest BCUT2D eigenvalue weighted by molar-refractivity contribution is 6.32. The number of para-hydroxylation sites is 1. The molecule has 0 unspecified atom stereocenters. The number of halogens is 4. The van der Waals surface area contributed by atoms with Crippen LogP contribution in [0.1, 0.15) is 11.1 Å². The highest BCUT2D eigenvalue weighted by Gasteiger charge is 2.31. The maximum Gasteiger partial charge on any atom is 0.573 e. The third-order valence-electron chi connectivity index (χ3n) is 2.77. The van der Waals surface area contributed by atoms with Crippen molar-refractivity contribution in [3.8, 4) is 5.75 Å². The Bertz CT molecular complexity index is 612. The van der Waals surface area contributed by atoms with Crippen molar-refractivity contribution in [3.63, 3.8) is 0 Å². The zero-order valence-corrected chi connectivity index (χ0v) is 11.8. The van der Waals surface area contributed by atoms with Crippen molar-refractivity contribution < 1.29 is 17.9 Å². The second kappa shape index (κ2) is 6.22. The first-order valence-corrected chi connectivity index (χ1v) is 6.43. The van der Waals surface area contributed by atoms with Crippen LogP contribution < -0.4 is 10.1 Å². The molecule has 112 valence electrons. The summed E-state index contributed by atoms with van der Waals surface area (Å²) < 4.78 is 41.0. The third kappa shape index (κ3) is 4.26. The quantitative estimate of drug-likeness (QED) is 0.840. The molecule has 0 saturated heterocycles. The van der Waals surface area contributed by atoms with Crippen molar-refractivity contribution in [2.75, 3.05) is 5.32 Å². The number of nitrogens with zero attached hydrogens (tertiary/aromatic N) is 1. The Morgan fingerprint density at radius 2 is 1.95 bits per heavy atom. The summed E-state index contributed by atoms with van der Waals surface area (Å²) in [7, 11) is 0. The van der Waals surface area contributed by atoms with Gasteiger partial charge in [-0.2, -0.15) is 0 Å². The summed E-state index contributed by atoms with van der Waals surface area (Å²) in [6.45, 7) is 1.96. The molecule has 2 rings (SSSR count). The lowest BCUT2D eigenvalue weighted by atomic mass is 10.2. The smallest absolute Gasteiger partial charge is 0.405 e. The van der Waals surface area contributed by atoms with E-state index in [2.05, 4.69) is 15.0 Å². The molecule has 0 saturated carbocycles. The van der Waals surface area contributed by atoms with E-state index in [0.29, 0.717) is 11.3 Å². The average Bonchev–Trinajstić information content (AvgIpc) is 2.38. The zero-order chi connectivity index (χ0) is 15.5. The monoisotopic (exact) mass is 316 g/mol. The fourth-order valence-electron chi connectivity index (χ4n) is 1.80. The van der Waals surface area contributed by atoms with Crippen LogP contribution in [0.25, 0.3) is 0 Å². The van der Waals surface area contributed by atoms with E-state index >= 15 is 0 Å². The van der Waals surface area contributed by atoms with Crippen LogP contribution >= 0.6 is 11.6 Å². The number of rotatable bonds is 4. The summed E-state index contributed by atoms with van der Waals surface area (Å²) in [5.41, 5.74) is 1.80. The van der Waals surface area contributed by atoms with Gasteiger partial charge in [0, 0.05) is 18.3 Å². The number of pyridine rings is 1. The first-order valence-electron chi connectivity index (χ1n) is 6.05. The van der Waals surface area contributed by atoms with E-state index in [1.807, 2.05) is 6.92 Å². The average molecular weight is 317 g/mol. The Morgan fingerprint density at radius 1 is 1.24 bits per heavy atom. The third-order valence-corrected chi connectivity index (χ3v) is 3.05. The standard InChI is InChI=1S/C14H12ClF3N2O/c1-9-6-7-19-13(15)12(9)20-8-10-4-2-3-5-11(10)21-14(16,17)18/h2-7,20H,8H2,1H3. The molecule has 3 nitrogen and oxygen atoms in total. The minimum absolute atomic E-state index is 0.137. The van der Waals surface area contributed by atoms with Crippen LogP contribution in [0.4, 0.5) is 18.9 Å². The molecule has 1 aromatic carbocycles. The number of nitrogens with one attached hydrogen (secondary N) is 1. The van der Waals surface area contributed by atoms with Gasteiger partial charge in [0.25, 0.3) is 0 Å². The van der Waals surface area contributed by atoms with E-state index in [1.165, 1.54) is 12.1 Å². The number of hydrogen-bond acceptors (Lipinski definition) is 3. The molecule has 1 aromatic heterocycles. The molecule has 0 amide bonds. The molecule has 0 bridgehead atoms. The zero-order valence-electron chi connectivity index (χ0n) is 11.0. The Labute approximate surface area is 124 Å². The van der Waals surface area contributed by atoms with Crippen molar-refractivity contribution >= 4 is 17.3 Å². The topological polar surface area (TPSA) is 34.2 Å². The Hall–Kier alpha value is -1.95. The maximum atomic E-state index is 12.3. The molecule has 2 aromatic rings. The Kier molecular flexibility index (Phi) is 4.57. The van der Waals surface area contributed by atoms with Crippen LogP contribution in [-0.2, 0) is 6.54 Å². The van der Waals surface area contributed by atoms with Gasteiger partial charge in [0.1, 0.15) is 5.75 Å². The molecule has 0 spiro atoms. The van der Waals surface area contributed by atoms with E-state index in [-0.39, 0.29) is 17.4 Å². The molecule has 0 aliphatic rings. The normalized spacial score (nSPS) is 11.3. The molecule has 0 fully saturated rings. The van der Waals surface area contributed by atoms with Crippen LogP contribution in [-0.4, -0.2) is 11.3 Å². The summed E-state index contributed by atoms with van der Waals surface area (Å²) in [5, 5.41) is 3.25. The van der Waals surface area contributed by atoms with Gasteiger partial charge in [-0.1, -0.05) is 29.8 Å². The number of benzene rings is 1. The molecule has 0 atom stereocenters. The number of aromatic nitrogens is 1. The van der Waals surface area contributed by atoms with Crippen molar-refractivity contribution in [2.24, 2.45) is 0 Å². The highest BCUT2D eigenvalue weighted by atomic mass is 35.5. The van der Waals surface area contributed by atoms with Gasteiger partial charge in [-0.3, -0.25) is 0 Å². The fourth-order valence-corrected chi connectivity index (χ4v) is 2.07. The van der Waals surface area contributed by atoms with Crippen LogP contribution in [0, 0.1) is 6.92 Å². The second-order valence-electron chi connectivity index (χ2n) is 4.30. The SMILES string of the molecule is Cc1ccnc(Cl)c1NCc1ccccc1OC(F)(F)F. The lowest BCUT2D eigenvalue weighted by molar-refractivity contribution is -0.274. The Balaban J connectivity index is 2.17. The molecule has 1 N–H and O–H groups in total. The van der Waals surface area contributed by atoms with Crippen LogP contribution in [0.3, 0.4) is 0 Å². The summed E-state index contributed by atoms with van der Waals surface area (Å²) in [6.07, 6.45) is -3.17. The van der Waals surface area contributed by atoms with Gasteiger partial charge >= 0.3 is 6.36 Å². The van der Waals surface area contributed by atoms with E-state index < -0.39 is 6.36 Å². The van der Waals surface area contributed by atoms with E-state index in [9.17, 15) is 13.2 Å². The fraction of sp³-hybridized carbons (Fsp3) is 0.214. The molecule has 21 heavy (non-hydrogen) atoms. The summed E-state index contributed by atoms with van der Waals surface area (Å²) in [4.78, 5) is 3.93. The van der Waals surface area contributed by atoms with Gasteiger partial charge < -0.3 is 10.1 Å². The minimum Gasteiger partial charge on any atom is -0.405 e.